The van der Waals surface area contributed by atoms with E-state index < -0.39 is 74.4 Å². The van der Waals surface area contributed by atoms with Crippen molar-refractivity contribution in [2.75, 3.05) is 31.7 Å². The van der Waals surface area contributed by atoms with Gasteiger partial charge in [-0.3, -0.25) is 32.8 Å². The third kappa shape index (κ3) is 7.64. The number of phosphoric acid groups is 1. The topological polar surface area (TPSA) is 281 Å². The van der Waals surface area contributed by atoms with Crippen LogP contribution in [0.4, 0.5) is 16.2 Å². The second kappa shape index (κ2) is 15.1. The Kier molecular flexibility index (Phi) is 10.9. The number of nitrogen functional groups attached to an aromatic ring is 2. The van der Waals surface area contributed by atoms with Gasteiger partial charge in [-0.15, -0.1) is 0 Å². The highest BCUT2D eigenvalue weighted by Gasteiger charge is 2.51. The van der Waals surface area contributed by atoms with Gasteiger partial charge in [-0.1, -0.05) is 0 Å². The number of H-pyrrole nitrogens is 1. The number of hydrogen-bond donors (Lipinski definition) is 5. The Morgan fingerprint density at radius 1 is 1.04 bits per heavy atom. The summed E-state index contributed by atoms with van der Waals surface area (Å²) in [6.45, 7) is 6.49. The molecule has 21 nitrogen and oxygen atoms in total. The van der Waals surface area contributed by atoms with Gasteiger partial charge in [0.2, 0.25) is 11.9 Å². The van der Waals surface area contributed by atoms with Crippen LogP contribution in [0.3, 0.4) is 0 Å². The van der Waals surface area contributed by atoms with E-state index in [1.165, 1.54) is 33.6 Å². The summed E-state index contributed by atoms with van der Waals surface area (Å²) < 4.78 is 66.2. The monoisotopic (exact) mass is 753 g/mol. The zero-order chi connectivity index (χ0) is 37.5. The van der Waals surface area contributed by atoms with E-state index in [1.54, 1.807) is 4.57 Å². The number of nitrogens with two attached hydrogens (primary N) is 2. The molecule has 0 aliphatic carbocycles. The quantitative estimate of drug-likeness (QED) is 0.111. The number of nitrogens with zero attached hydrogens (tertiary/aromatic N) is 7. The highest BCUT2D eigenvalue weighted by atomic mass is 31.2. The van der Waals surface area contributed by atoms with Crippen molar-refractivity contribution < 1.29 is 46.6 Å². The number of alkyl halides is 1. The lowest BCUT2D eigenvalue weighted by molar-refractivity contribution is -0.124. The molecule has 0 radical (unpaired) electrons. The number of carbonyl (C=O) groups excluding carboxylic acids is 1. The van der Waals surface area contributed by atoms with Crippen LogP contribution in [0.25, 0.3) is 22.3 Å². The minimum atomic E-state index is -4.82. The number of aromatic amines is 1. The number of nitrogens with one attached hydrogen (secondary N) is 2. The minimum Gasteiger partial charge on any atom is -0.382 e. The van der Waals surface area contributed by atoms with Crippen molar-refractivity contribution in [2.45, 2.75) is 89.4 Å². The van der Waals surface area contributed by atoms with Gasteiger partial charge in [0.05, 0.1) is 37.6 Å². The Balaban J connectivity index is 1.22. The molecule has 284 valence electrons. The number of amides is 1. The van der Waals surface area contributed by atoms with Crippen LogP contribution in [0.1, 0.15) is 46.6 Å². The number of carbonyl (C=O) groups is 1. The number of hydrogen-bond acceptors (Lipinski definition) is 16. The Labute approximate surface area is 295 Å². The van der Waals surface area contributed by atoms with Gasteiger partial charge in [0, 0.05) is 26.0 Å². The number of anilines is 2. The molecule has 23 heteroatoms. The molecule has 6 rings (SSSR count). The molecule has 2 saturated heterocycles. The first-order valence-corrected chi connectivity index (χ1v) is 17.9. The van der Waals surface area contributed by atoms with Gasteiger partial charge in [0.15, 0.2) is 41.3 Å². The molecule has 9 atom stereocenters. The van der Waals surface area contributed by atoms with E-state index in [0.29, 0.717) is 11.2 Å². The number of fused-ring (bicyclic) bond motifs is 2. The Bertz CT molecular complexity index is 2010. The Hall–Kier alpha value is -4.15. The fourth-order valence-corrected chi connectivity index (χ4v) is 7.47. The number of ether oxygens (including phenoxy) is 4. The van der Waals surface area contributed by atoms with E-state index in [2.05, 4.69) is 35.2 Å². The van der Waals surface area contributed by atoms with Gasteiger partial charge in [-0.25, -0.2) is 28.9 Å². The smallest absolute Gasteiger partial charge is 0.382 e. The molecular weight excluding hydrogens is 712 g/mol. The van der Waals surface area contributed by atoms with Crippen LogP contribution in [-0.2, 0) is 37.4 Å². The molecule has 2 aliphatic rings. The normalized spacial score (nSPS) is 27.6. The standard InChI is InChI=1S/C29H41FN11O10P/c1-12(2)47-8-16-14(21(46-5)28(49-16)40-10-36-19-23(31)34-9-35-24(19)40)6-17(42)33-7-15-22(51-52(44,45)50-13(3)4)18(30)27(48-15)41-11-37-20-25(41)38-29(32)39-26(20)43/h9-16,18,21-22,27-28H,6-8H2,1-5H3,(H,33,42)(H,44,45)(H2,31,34,35)(H3,32,38,39,43)/t14-,15-,16-,18-,21-,22-,27-,28-/m1/s1. The minimum absolute atomic E-state index is 0.0983. The molecule has 7 N–H and O–H groups in total. The van der Waals surface area contributed by atoms with E-state index in [4.69, 9.17) is 39.5 Å². The highest BCUT2D eigenvalue weighted by Crippen LogP contribution is 2.50. The first-order chi connectivity index (χ1) is 24.7. The van der Waals surface area contributed by atoms with E-state index in [0.717, 1.165) is 10.9 Å². The van der Waals surface area contributed by atoms with Crippen LogP contribution < -0.4 is 22.3 Å². The summed E-state index contributed by atoms with van der Waals surface area (Å²) in [6, 6.07) is 0. The molecule has 0 saturated carbocycles. The third-order valence-corrected chi connectivity index (χ3v) is 9.73. The van der Waals surface area contributed by atoms with Gasteiger partial charge in [0.1, 0.15) is 30.2 Å². The van der Waals surface area contributed by atoms with Crippen molar-refractivity contribution in [3.05, 3.63) is 29.3 Å². The maximum absolute atomic E-state index is 16.2. The van der Waals surface area contributed by atoms with Crippen molar-refractivity contribution in [1.82, 2.24) is 44.4 Å². The van der Waals surface area contributed by atoms with Crippen molar-refractivity contribution in [3.8, 4) is 0 Å². The van der Waals surface area contributed by atoms with Crippen molar-refractivity contribution in [2.24, 2.45) is 5.92 Å². The lowest BCUT2D eigenvalue weighted by Gasteiger charge is -2.25. The van der Waals surface area contributed by atoms with Gasteiger partial charge >= 0.3 is 7.82 Å². The molecule has 2 fully saturated rings. The fraction of sp³-hybridized carbons (Fsp3) is 0.621. The van der Waals surface area contributed by atoms with Crippen LogP contribution in [0.15, 0.2) is 23.8 Å². The van der Waals surface area contributed by atoms with E-state index in [-0.39, 0.29) is 48.6 Å². The first-order valence-electron chi connectivity index (χ1n) is 16.4. The predicted octanol–water partition coefficient (Wildman–Crippen LogP) is 0.730. The summed E-state index contributed by atoms with van der Waals surface area (Å²) in [5, 5.41) is 2.72. The summed E-state index contributed by atoms with van der Waals surface area (Å²) in [6.07, 6.45) is -5.91. The zero-order valence-corrected chi connectivity index (χ0v) is 29.8. The van der Waals surface area contributed by atoms with Crippen LogP contribution >= 0.6 is 7.82 Å². The Morgan fingerprint density at radius 3 is 2.42 bits per heavy atom. The number of imidazole rings is 2. The largest absolute Gasteiger partial charge is 0.472 e. The summed E-state index contributed by atoms with van der Waals surface area (Å²) in [4.78, 5) is 59.3. The molecule has 0 bridgehead atoms. The van der Waals surface area contributed by atoms with Gasteiger partial charge in [0.25, 0.3) is 5.56 Å². The van der Waals surface area contributed by atoms with Crippen molar-refractivity contribution in [1.29, 1.82) is 0 Å². The van der Waals surface area contributed by atoms with Crippen LogP contribution in [-0.4, -0.2) is 113 Å². The molecule has 0 spiro atoms. The van der Waals surface area contributed by atoms with E-state index in [9.17, 15) is 19.0 Å². The molecule has 1 unspecified atom stereocenters. The van der Waals surface area contributed by atoms with Crippen LogP contribution in [0, 0.1) is 5.92 Å². The van der Waals surface area contributed by atoms with E-state index in [1.807, 2.05) is 13.8 Å². The van der Waals surface area contributed by atoms with Gasteiger partial charge in [-0.05, 0) is 27.7 Å². The van der Waals surface area contributed by atoms with Crippen molar-refractivity contribution in [3.63, 3.8) is 0 Å². The predicted molar refractivity (Wildman–Crippen MR) is 179 cm³/mol. The SMILES string of the molecule is CO[C@@H]1[C@H](CC(=O)NC[C@H]2O[C@@H](n3cnc4c(=O)[nH]c(N)nc43)[C@H](F)[C@@H]2OP(=O)(O)OC(C)C)[C@@H](COC(C)C)O[C@H]1n1cnc2c(N)ncnc21. The van der Waals surface area contributed by atoms with E-state index >= 15 is 4.39 Å². The van der Waals surface area contributed by atoms with Gasteiger partial charge < -0.3 is 40.6 Å². The number of rotatable bonds is 14. The number of methoxy groups -OCH3 is 1. The molecule has 4 aromatic heterocycles. The number of phosphoric ester groups is 1. The Morgan fingerprint density at radius 2 is 1.73 bits per heavy atom. The third-order valence-electron chi connectivity index (χ3n) is 8.53. The average molecular weight is 754 g/mol. The van der Waals surface area contributed by atoms with Crippen LogP contribution in [0.5, 0.6) is 0 Å². The molecular formula is C29H41FN11O10P. The van der Waals surface area contributed by atoms with Gasteiger partial charge in [-0.2, -0.15) is 4.98 Å². The van der Waals surface area contributed by atoms with Crippen molar-refractivity contribution >= 4 is 47.8 Å². The fourth-order valence-electron chi connectivity index (χ4n) is 6.33. The summed E-state index contributed by atoms with van der Waals surface area (Å²) >= 11 is 0. The van der Waals surface area contributed by atoms with Crippen LogP contribution in [0.2, 0.25) is 0 Å². The second-order valence-corrected chi connectivity index (χ2v) is 14.2. The average Bonchev–Trinajstić information content (AvgIpc) is 3.83. The lowest BCUT2D eigenvalue weighted by Crippen LogP contribution is -2.42. The lowest BCUT2D eigenvalue weighted by atomic mass is 9.93. The second-order valence-electron chi connectivity index (χ2n) is 12.9. The maximum Gasteiger partial charge on any atom is 0.472 e. The molecule has 6 heterocycles. The molecule has 2 aliphatic heterocycles. The summed E-state index contributed by atoms with van der Waals surface area (Å²) in [7, 11) is -3.33. The summed E-state index contributed by atoms with van der Waals surface area (Å²) in [5.41, 5.74) is 11.6. The maximum atomic E-state index is 16.2. The summed E-state index contributed by atoms with van der Waals surface area (Å²) in [5.74, 6) is -1.14. The molecule has 0 aromatic carbocycles. The first kappa shape index (κ1) is 37.6. The molecule has 4 aromatic rings. The highest BCUT2D eigenvalue weighted by molar-refractivity contribution is 7.47. The zero-order valence-electron chi connectivity index (χ0n) is 28.9. The molecule has 1 amide bonds. The number of halogens is 1. The molecule has 52 heavy (non-hydrogen) atoms. The number of aromatic nitrogens is 8.